The fraction of sp³-hybridized carbons (Fsp3) is 0.429. The number of rotatable bonds is 5. The standard InChI is InChI=1S/C14H20N2O/c1-4-16-11(2)8-13(12(16)3)9-15-10-14-6-5-7-17-14/h5-8,15H,4,9-10H2,1-3H3. The average Bonchev–Trinajstić information content (AvgIpc) is 2.89. The fourth-order valence-electron chi connectivity index (χ4n) is 2.27. The van der Waals surface area contributed by atoms with Gasteiger partial charge in [-0.15, -0.1) is 0 Å². The lowest BCUT2D eigenvalue weighted by atomic mass is 10.2. The molecule has 0 fully saturated rings. The van der Waals surface area contributed by atoms with Crippen LogP contribution in [0.4, 0.5) is 0 Å². The van der Waals surface area contributed by atoms with Crippen LogP contribution >= 0.6 is 0 Å². The van der Waals surface area contributed by atoms with E-state index in [4.69, 9.17) is 4.42 Å². The van der Waals surface area contributed by atoms with E-state index in [0.717, 1.165) is 25.4 Å². The van der Waals surface area contributed by atoms with Crippen LogP contribution in [0.15, 0.2) is 28.9 Å². The maximum Gasteiger partial charge on any atom is 0.117 e. The minimum absolute atomic E-state index is 0.781. The second-order valence-electron chi connectivity index (χ2n) is 4.32. The molecule has 0 saturated carbocycles. The fourth-order valence-corrected chi connectivity index (χ4v) is 2.27. The molecule has 3 nitrogen and oxygen atoms in total. The maximum absolute atomic E-state index is 5.28. The summed E-state index contributed by atoms with van der Waals surface area (Å²) in [5, 5.41) is 3.40. The van der Waals surface area contributed by atoms with Crippen LogP contribution in [0.3, 0.4) is 0 Å². The lowest BCUT2D eigenvalue weighted by Crippen LogP contribution is -2.12. The van der Waals surface area contributed by atoms with Gasteiger partial charge in [0.05, 0.1) is 12.8 Å². The first-order chi connectivity index (χ1) is 8.22. The average molecular weight is 232 g/mol. The summed E-state index contributed by atoms with van der Waals surface area (Å²) in [6.07, 6.45) is 1.71. The van der Waals surface area contributed by atoms with Crippen molar-refractivity contribution in [2.75, 3.05) is 0 Å². The predicted molar refractivity (Wildman–Crippen MR) is 68.8 cm³/mol. The molecular formula is C14H20N2O. The van der Waals surface area contributed by atoms with E-state index in [9.17, 15) is 0 Å². The number of furan rings is 1. The summed E-state index contributed by atoms with van der Waals surface area (Å²) in [5.41, 5.74) is 4.06. The third kappa shape index (κ3) is 2.61. The first-order valence-corrected chi connectivity index (χ1v) is 6.11. The highest BCUT2D eigenvalue weighted by atomic mass is 16.3. The molecule has 0 aromatic carbocycles. The van der Waals surface area contributed by atoms with Gasteiger partial charge in [-0.3, -0.25) is 0 Å². The summed E-state index contributed by atoms with van der Waals surface area (Å²) in [4.78, 5) is 0. The highest BCUT2D eigenvalue weighted by Crippen LogP contribution is 2.14. The molecule has 0 radical (unpaired) electrons. The lowest BCUT2D eigenvalue weighted by Gasteiger charge is -2.06. The third-order valence-electron chi connectivity index (χ3n) is 3.19. The van der Waals surface area contributed by atoms with E-state index in [0.29, 0.717) is 0 Å². The molecule has 0 unspecified atom stereocenters. The number of hydrogen-bond acceptors (Lipinski definition) is 2. The molecule has 0 bridgehead atoms. The van der Waals surface area contributed by atoms with Crippen molar-refractivity contribution in [2.45, 2.75) is 40.4 Å². The van der Waals surface area contributed by atoms with E-state index >= 15 is 0 Å². The van der Waals surface area contributed by atoms with Crippen LogP contribution in [-0.4, -0.2) is 4.57 Å². The van der Waals surface area contributed by atoms with Crippen LogP contribution in [0, 0.1) is 13.8 Å². The van der Waals surface area contributed by atoms with Crippen molar-refractivity contribution in [3.05, 3.63) is 47.2 Å². The molecule has 1 N–H and O–H groups in total. The van der Waals surface area contributed by atoms with E-state index in [1.54, 1.807) is 6.26 Å². The van der Waals surface area contributed by atoms with Crippen molar-refractivity contribution < 1.29 is 4.42 Å². The second-order valence-corrected chi connectivity index (χ2v) is 4.32. The highest BCUT2D eigenvalue weighted by molar-refractivity contribution is 5.26. The van der Waals surface area contributed by atoms with E-state index in [-0.39, 0.29) is 0 Å². The molecule has 92 valence electrons. The van der Waals surface area contributed by atoms with Crippen molar-refractivity contribution in [1.29, 1.82) is 0 Å². The Bertz CT molecular complexity index is 469. The Kier molecular flexibility index (Phi) is 3.69. The number of hydrogen-bond donors (Lipinski definition) is 1. The molecule has 2 aromatic rings. The Morgan fingerprint density at radius 1 is 1.29 bits per heavy atom. The zero-order valence-electron chi connectivity index (χ0n) is 10.8. The van der Waals surface area contributed by atoms with Crippen LogP contribution in [0.2, 0.25) is 0 Å². The first kappa shape index (κ1) is 12.0. The second kappa shape index (κ2) is 5.23. The molecule has 0 saturated heterocycles. The van der Waals surface area contributed by atoms with Crippen molar-refractivity contribution in [3.63, 3.8) is 0 Å². The Morgan fingerprint density at radius 3 is 2.71 bits per heavy atom. The molecule has 0 aliphatic heterocycles. The molecule has 0 atom stereocenters. The van der Waals surface area contributed by atoms with E-state index < -0.39 is 0 Å². The van der Waals surface area contributed by atoms with Crippen LogP contribution in [0.1, 0.15) is 29.6 Å². The van der Waals surface area contributed by atoms with Gasteiger partial charge in [-0.1, -0.05) is 0 Å². The largest absolute Gasteiger partial charge is 0.468 e. The lowest BCUT2D eigenvalue weighted by molar-refractivity contribution is 0.482. The SMILES string of the molecule is CCn1c(C)cc(CNCc2ccco2)c1C. The van der Waals surface area contributed by atoms with Crippen molar-refractivity contribution in [1.82, 2.24) is 9.88 Å². The molecule has 17 heavy (non-hydrogen) atoms. The minimum Gasteiger partial charge on any atom is -0.468 e. The summed E-state index contributed by atoms with van der Waals surface area (Å²) >= 11 is 0. The zero-order chi connectivity index (χ0) is 12.3. The number of nitrogens with zero attached hydrogens (tertiary/aromatic N) is 1. The van der Waals surface area contributed by atoms with Gasteiger partial charge in [0.15, 0.2) is 0 Å². The van der Waals surface area contributed by atoms with E-state index in [1.807, 2.05) is 12.1 Å². The third-order valence-corrected chi connectivity index (χ3v) is 3.19. The summed E-state index contributed by atoms with van der Waals surface area (Å²) in [7, 11) is 0. The summed E-state index contributed by atoms with van der Waals surface area (Å²) in [5.74, 6) is 0.981. The number of nitrogens with one attached hydrogen (secondary N) is 1. The van der Waals surface area contributed by atoms with Gasteiger partial charge in [-0.25, -0.2) is 0 Å². The molecule has 0 aliphatic carbocycles. The van der Waals surface area contributed by atoms with Crippen LogP contribution in [-0.2, 0) is 19.6 Å². The van der Waals surface area contributed by atoms with Crippen molar-refractivity contribution in [3.8, 4) is 0 Å². The van der Waals surface area contributed by atoms with Crippen molar-refractivity contribution >= 4 is 0 Å². The number of aromatic nitrogens is 1. The highest BCUT2D eigenvalue weighted by Gasteiger charge is 2.07. The summed E-state index contributed by atoms with van der Waals surface area (Å²) in [6, 6.07) is 6.16. The quantitative estimate of drug-likeness (QED) is 0.859. The Labute approximate surface area is 102 Å². The summed E-state index contributed by atoms with van der Waals surface area (Å²) in [6.45, 7) is 9.23. The van der Waals surface area contributed by atoms with Gasteiger partial charge in [0.2, 0.25) is 0 Å². The van der Waals surface area contributed by atoms with Crippen molar-refractivity contribution in [2.24, 2.45) is 0 Å². The molecule has 2 heterocycles. The van der Waals surface area contributed by atoms with Gasteiger partial charge in [0.25, 0.3) is 0 Å². The van der Waals surface area contributed by atoms with Crippen LogP contribution < -0.4 is 5.32 Å². The maximum atomic E-state index is 5.28. The van der Waals surface area contributed by atoms with Gasteiger partial charge in [0, 0.05) is 24.5 Å². The first-order valence-electron chi connectivity index (χ1n) is 6.11. The van der Waals surface area contributed by atoms with Crippen LogP contribution in [0.5, 0.6) is 0 Å². The Balaban J connectivity index is 1.95. The predicted octanol–water partition coefficient (Wildman–Crippen LogP) is 3.01. The van der Waals surface area contributed by atoms with Crippen LogP contribution in [0.25, 0.3) is 0 Å². The molecule has 0 amide bonds. The van der Waals surface area contributed by atoms with E-state index in [1.165, 1.54) is 17.0 Å². The topological polar surface area (TPSA) is 30.1 Å². The zero-order valence-corrected chi connectivity index (χ0v) is 10.8. The summed E-state index contributed by atoms with van der Waals surface area (Å²) < 4.78 is 7.62. The monoisotopic (exact) mass is 232 g/mol. The molecule has 0 aliphatic rings. The molecule has 3 heteroatoms. The van der Waals surface area contributed by atoms with E-state index in [2.05, 4.69) is 36.7 Å². The van der Waals surface area contributed by atoms with Gasteiger partial charge in [0.1, 0.15) is 5.76 Å². The molecule has 0 spiro atoms. The number of aryl methyl sites for hydroxylation is 1. The van der Waals surface area contributed by atoms with Gasteiger partial charge >= 0.3 is 0 Å². The van der Waals surface area contributed by atoms with Gasteiger partial charge in [-0.2, -0.15) is 0 Å². The normalized spacial score (nSPS) is 11.0. The smallest absolute Gasteiger partial charge is 0.117 e. The molecular weight excluding hydrogens is 212 g/mol. The molecule has 2 rings (SSSR count). The minimum atomic E-state index is 0.781. The van der Waals surface area contributed by atoms with Gasteiger partial charge < -0.3 is 14.3 Å². The Morgan fingerprint density at radius 2 is 2.12 bits per heavy atom. The van der Waals surface area contributed by atoms with Gasteiger partial charge in [-0.05, 0) is 44.5 Å². The molecule has 2 aromatic heterocycles. The Hall–Kier alpha value is -1.48.